The summed E-state index contributed by atoms with van der Waals surface area (Å²) in [5.41, 5.74) is 1.87. The molecule has 2 saturated heterocycles. The van der Waals surface area contributed by atoms with E-state index in [0.717, 1.165) is 17.5 Å². The largest absolute Gasteiger partial charge is 0.456 e. The van der Waals surface area contributed by atoms with Crippen molar-refractivity contribution < 1.29 is 19.1 Å². The third-order valence-corrected chi connectivity index (χ3v) is 6.39. The minimum atomic E-state index is -0.254. The minimum Gasteiger partial charge on any atom is -0.456 e. The highest BCUT2D eigenvalue weighted by atomic mass is 35.5. The quantitative estimate of drug-likeness (QED) is 0.469. The molecule has 0 spiro atoms. The number of hydrogen-bond acceptors (Lipinski definition) is 6. The summed E-state index contributed by atoms with van der Waals surface area (Å²) < 4.78 is 11.5. The standard InChI is InChI=1S/C22H19ClN2O4S2/c1-2-25-15(12-28-22(25)27)9-13-3-6-16(7-4-13)29-18-8-5-14(10-17(18)23)11-19-20(26)24-21(30)31-19/h3-8,10-11,15H,2,9,12H2,1H3,(H,24,26,30)/b19-11+. The number of nitrogens with zero attached hydrogens (tertiary/aromatic N) is 1. The van der Waals surface area contributed by atoms with Crippen LogP contribution in [-0.4, -0.2) is 40.4 Å². The fourth-order valence-electron chi connectivity index (χ4n) is 3.40. The van der Waals surface area contributed by atoms with Crippen molar-refractivity contribution in [2.75, 3.05) is 13.2 Å². The maximum Gasteiger partial charge on any atom is 0.410 e. The Balaban J connectivity index is 1.41. The fourth-order valence-corrected chi connectivity index (χ4v) is 4.67. The predicted molar refractivity (Wildman–Crippen MR) is 125 cm³/mol. The number of carbonyl (C=O) groups is 2. The smallest absolute Gasteiger partial charge is 0.410 e. The van der Waals surface area contributed by atoms with E-state index in [1.807, 2.05) is 37.3 Å². The molecule has 2 heterocycles. The fraction of sp³-hybridized carbons (Fsp3) is 0.227. The molecule has 2 aliphatic heterocycles. The molecule has 6 nitrogen and oxygen atoms in total. The highest BCUT2D eigenvalue weighted by molar-refractivity contribution is 8.26. The Morgan fingerprint density at radius 1 is 1.29 bits per heavy atom. The lowest BCUT2D eigenvalue weighted by Crippen LogP contribution is -2.34. The molecule has 0 aromatic heterocycles. The van der Waals surface area contributed by atoms with Crippen molar-refractivity contribution in [3.8, 4) is 11.5 Å². The van der Waals surface area contributed by atoms with Gasteiger partial charge in [-0.15, -0.1) is 0 Å². The highest BCUT2D eigenvalue weighted by Crippen LogP contribution is 2.33. The van der Waals surface area contributed by atoms with Gasteiger partial charge in [0.25, 0.3) is 5.91 Å². The Kier molecular flexibility index (Phi) is 6.50. The Bertz CT molecular complexity index is 1070. The zero-order chi connectivity index (χ0) is 22.0. The molecule has 2 amide bonds. The summed E-state index contributed by atoms with van der Waals surface area (Å²) in [6.45, 7) is 2.99. The van der Waals surface area contributed by atoms with E-state index >= 15 is 0 Å². The number of ether oxygens (including phenoxy) is 2. The Morgan fingerprint density at radius 3 is 2.71 bits per heavy atom. The van der Waals surface area contributed by atoms with Crippen LogP contribution < -0.4 is 10.1 Å². The number of hydrogen-bond donors (Lipinski definition) is 1. The number of amides is 2. The molecular weight excluding hydrogens is 456 g/mol. The van der Waals surface area contributed by atoms with Crippen molar-refractivity contribution in [3.05, 3.63) is 63.5 Å². The van der Waals surface area contributed by atoms with Crippen molar-refractivity contribution in [1.29, 1.82) is 0 Å². The van der Waals surface area contributed by atoms with Crippen LogP contribution >= 0.6 is 35.6 Å². The molecule has 1 N–H and O–H groups in total. The maximum absolute atomic E-state index is 11.8. The number of thioether (sulfide) groups is 1. The molecule has 9 heteroatoms. The van der Waals surface area contributed by atoms with Crippen molar-refractivity contribution in [2.24, 2.45) is 0 Å². The van der Waals surface area contributed by atoms with E-state index in [1.54, 1.807) is 23.1 Å². The van der Waals surface area contributed by atoms with E-state index in [-0.39, 0.29) is 18.0 Å². The number of cyclic esters (lactones) is 1. The third kappa shape index (κ3) is 5.03. The van der Waals surface area contributed by atoms with Crippen LogP contribution in [0.5, 0.6) is 11.5 Å². The first-order valence-corrected chi connectivity index (χ1v) is 11.3. The summed E-state index contributed by atoms with van der Waals surface area (Å²) in [6, 6.07) is 13.1. The topological polar surface area (TPSA) is 67.9 Å². The Morgan fingerprint density at radius 2 is 2.06 bits per heavy atom. The van der Waals surface area contributed by atoms with Crippen LogP contribution in [0.3, 0.4) is 0 Å². The van der Waals surface area contributed by atoms with E-state index in [2.05, 4.69) is 5.32 Å². The van der Waals surface area contributed by atoms with Crippen LogP contribution in [0.1, 0.15) is 18.1 Å². The van der Waals surface area contributed by atoms with Crippen molar-refractivity contribution >= 4 is 58.0 Å². The van der Waals surface area contributed by atoms with Gasteiger partial charge >= 0.3 is 6.09 Å². The number of nitrogens with one attached hydrogen (secondary N) is 1. The number of carbonyl (C=O) groups excluding carboxylic acids is 2. The van der Waals surface area contributed by atoms with Gasteiger partial charge < -0.3 is 19.7 Å². The molecule has 0 radical (unpaired) electrons. The number of benzene rings is 2. The second-order valence-corrected chi connectivity index (χ2v) is 9.14. The van der Waals surface area contributed by atoms with Gasteiger partial charge in [-0.25, -0.2) is 4.79 Å². The first-order chi connectivity index (χ1) is 14.9. The molecular formula is C22H19ClN2O4S2. The Hall–Kier alpha value is -2.55. The molecule has 4 rings (SSSR count). The number of halogens is 1. The highest BCUT2D eigenvalue weighted by Gasteiger charge is 2.31. The normalized spacial score (nSPS) is 19.7. The average molecular weight is 475 g/mol. The molecule has 0 aliphatic carbocycles. The first kappa shape index (κ1) is 21.7. The van der Waals surface area contributed by atoms with E-state index in [1.165, 1.54) is 11.8 Å². The zero-order valence-corrected chi connectivity index (χ0v) is 19.0. The molecule has 1 unspecified atom stereocenters. The molecule has 160 valence electrons. The minimum absolute atomic E-state index is 0.0508. The second-order valence-electron chi connectivity index (χ2n) is 7.01. The lowest BCUT2D eigenvalue weighted by Gasteiger charge is -2.19. The van der Waals surface area contributed by atoms with E-state index in [0.29, 0.717) is 38.9 Å². The first-order valence-electron chi connectivity index (χ1n) is 9.67. The molecule has 1 atom stereocenters. The second kappa shape index (κ2) is 9.30. The summed E-state index contributed by atoms with van der Waals surface area (Å²) in [6.07, 6.45) is 2.20. The maximum atomic E-state index is 11.8. The van der Waals surface area contributed by atoms with Gasteiger partial charge in [-0.05, 0) is 54.8 Å². The number of rotatable bonds is 6. The van der Waals surface area contributed by atoms with Gasteiger partial charge in [0.1, 0.15) is 22.4 Å². The molecule has 0 saturated carbocycles. The van der Waals surface area contributed by atoms with Crippen LogP contribution in [0.15, 0.2) is 47.4 Å². The predicted octanol–water partition coefficient (Wildman–Crippen LogP) is 5.00. The zero-order valence-electron chi connectivity index (χ0n) is 16.6. The Labute approximate surface area is 194 Å². The van der Waals surface area contributed by atoms with E-state index < -0.39 is 0 Å². The molecule has 31 heavy (non-hydrogen) atoms. The molecule has 2 aromatic rings. The molecule has 2 aliphatic rings. The SMILES string of the molecule is CCN1C(=O)OCC1Cc1ccc(Oc2ccc(/C=C3/SC(=S)NC3=O)cc2Cl)cc1. The molecule has 0 bridgehead atoms. The van der Waals surface area contributed by atoms with Crippen molar-refractivity contribution in [3.63, 3.8) is 0 Å². The van der Waals surface area contributed by atoms with Gasteiger partial charge in [-0.2, -0.15) is 0 Å². The van der Waals surface area contributed by atoms with Gasteiger partial charge in [-0.1, -0.05) is 53.8 Å². The van der Waals surface area contributed by atoms with Crippen LogP contribution in [0.25, 0.3) is 6.08 Å². The van der Waals surface area contributed by atoms with E-state index in [4.69, 9.17) is 33.3 Å². The summed E-state index contributed by atoms with van der Waals surface area (Å²) in [5.74, 6) is 0.962. The van der Waals surface area contributed by atoms with Crippen LogP contribution in [-0.2, 0) is 16.0 Å². The number of thiocarbonyl (C=S) groups is 1. The summed E-state index contributed by atoms with van der Waals surface area (Å²) in [5, 5.41) is 3.02. The van der Waals surface area contributed by atoms with Gasteiger partial charge in [0, 0.05) is 6.54 Å². The van der Waals surface area contributed by atoms with Crippen LogP contribution in [0, 0.1) is 0 Å². The average Bonchev–Trinajstić information content (AvgIpc) is 3.25. The van der Waals surface area contributed by atoms with E-state index in [9.17, 15) is 9.59 Å². The summed E-state index contributed by atoms with van der Waals surface area (Å²) in [4.78, 5) is 25.8. The van der Waals surface area contributed by atoms with Crippen molar-refractivity contribution in [2.45, 2.75) is 19.4 Å². The molecule has 2 fully saturated rings. The summed E-state index contributed by atoms with van der Waals surface area (Å²) in [7, 11) is 0. The lowest BCUT2D eigenvalue weighted by molar-refractivity contribution is -0.115. The lowest BCUT2D eigenvalue weighted by atomic mass is 10.1. The summed E-state index contributed by atoms with van der Waals surface area (Å²) >= 11 is 12.6. The third-order valence-electron chi connectivity index (χ3n) is 4.93. The van der Waals surface area contributed by atoms with Crippen LogP contribution in [0.4, 0.5) is 4.79 Å². The van der Waals surface area contributed by atoms with Crippen LogP contribution in [0.2, 0.25) is 5.02 Å². The van der Waals surface area contributed by atoms with Gasteiger partial charge in [0.05, 0.1) is 16.0 Å². The van der Waals surface area contributed by atoms with Crippen molar-refractivity contribution in [1.82, 2.24) is 10.2 Å². The number of likely N-dealkylation sites (N-methyl/N-ethyl adjacent to an activating group) is 1. The monoisotopic (exact) mass is 474 g/mol. The molecule has 2 aromatic carbocycles. The van der Waals surface area contributed by atoms with Gasteiger partial charge in [-0.3, -0.25) is 4.79 Å². The van der Waals surface area contributed by atoms with Gasteiger partial charge in [0.15, 0.2) is 0 Å². The van der Waals surface area contributed by atoms with Gasteiger partial charge in [0.2, 0.25) is 0 Å².